The van der Waals surface area contributed by atoms with E-state index in [1.165, 1.54) is 22.5 Å². The van der Waals surface area contributed by atoms with E-state index in [-0.39, 0.29) is 0 Å². The fourth-order valence-corrected chi connectivity index (χ4v) is 2.92. The molecule has 0 aliphatic heterocycles. The van der Waals surface area contributed by atoms with Crippen LogP contribution in [0.4, 0.5) is 0 Å². The van der Waals surface area contributed by atoms with E-state index in [1.807, 2.05) is 12.1 Å². The monoisotopic (exact) mass is 224 g/mol. The molecule has 1 aromatic heterocycles. The Hall–Kier alpha value is -0.860. The first-order chi connectivity index (χ1) is 6.65. The number of hydrogen-bond donors (Lipinski definition) is 0. The molecule has 0 unspecified atom stereocenters. The molecule has 72 valence electrons. The SMILES string of the molecule is Cc1ccc2c(C=O)c(Cl)sc2c1C. The second kappa shape index (κ2) is 3.37. The normalized spacial score (nSPS) is 10.8. The van der Waals surface area contributed by atoms with Crippen LogP contribution in [0.15, 0.2) is 12.1 Å². The van der Waals surface area contributed by atoms with Crippen molar-refractivity contribution in [2.45, 2.75) is 13.8 Å². The highest BCUT2D eigenvalue weighted by Crippen LogP contribution is 2.36. The number of fused-ring (bicyclic) bond motifs is 1. The predicted molar refractivity (Wildman–Crippen MR) is 61.7 cm³/mol. The number of aryl methyl sites for hydroxylation is 2. The summed E-state index contributed by atoms with van der Waals surface area (Å²) in [5.41, 5.74) is 3.06. The molecule has 1 heterocycles. The highest BCUT2D eigenvalue weighted by molar-refractivity contribution is 7.23. The fourth-order valence-electron chi connectivity index (χ4n) is 1.49. The number of carbonyl (C=O) groups excluding carboxylic acids is 1. The third-order valence-corrected chi connectivity index (χ3v) is 4.05. The molecule has 0 aliphatic carbocycles. The van der Waals surface area contributed by atoms with Crippen LogP contribution in [-0.4, -0.2) is 6.29 Å². The highest BCUT2D eigenvalue weighted by atomic mass is 35.5. The van der Waals surface area contributed by atoms with Crippen LogP contribution >= 0.6 is 22.9 Å². The van der Waals surface area contributed by atoms with E-state index in [0.29, 0.717) is 9.90 Å². The van der Waals surface area contributed by atoms with Gasteiger partial charge in [-0.1, -0.05) is 23.7 Å². The largest absolute Gasteiger partial charge is 0.298 e. The Balaban J connectivity index is 2.93. The zero-order valence-electron chi connectivity index (χ0n) is 7.93. The van der Waals surface area contributed by atoms with E-state index >= 15 is 0 Å². The number of thiophene rings is 1. The quantitative estimate of drug-likeness (QED) is 0.670. The average molecular weight is 225 g/mol. The predicted octanol–water partition coefficient (Wildman–Crippen LogP) is 3.98. The van der Waals surface area contributed by atoms with Crippen molar-refractivity contribution in [3.8, 4) is 0 Å². The second-order valence-corrected chi connectivity index (χ2v) is 4.91. The summed E-state index contributed by atoms with van der Waals surface area (Å²) in [7, 11) is 0. The molecular formula is C11H9ClOS. The number of benzene rings is 1. The molecule has 3 heteroatoms. The molecule has 2 aromatic rings. The maximum atomic E-state index is 10.8. The van der Waals surface area contributed by atoms with E-state index in [1.54, 1.807) is 0 Å². The van der Waals surface area contributed by atoms with Gasteiger partial charge < -0.3 is 0 Å². The van der Waals surface area contributed by atoms with E-state index in [0.717, 1.165) is 16.4 Å². The number of hydrogen-bond acceptors (Lipinski definition) is 2. The Bertz CT molecular complexity index is 513. The van der Waals surface area contributed by atoms with Crippen molar-refractivity contribution in [2.24, 2.45) is 0 Å². The Kier molecular flexibility index (Phi) is 2.33. The van der Waals surface area contributed by atoms with Crippen LogP contribution in [0.25, 0.3) is 10.1 Å². The minimum atomic E-state index is 0.587. The van der Waals surface area contributed by atoms with Gasteiger partial charge in [0.2, 0.25) is 0 Å². The van der Waals surface area contributed by atoms with Gasteiger partial charge in [0.1, 0.15) is 4.34 Å². The minimum absolute atomic E-state index is 0.587. The van der Waals surface area contributed by atoms with E-state index in [2.05, 4.69) is 13.8 Å². The van der Waals surface area contributed by atoms with Crippen LogP contribution in [0.3, 0.4) is 0 Å². The van der Waals surface area contributed by atoms with Gasteiger partial charge in [0, 0.05) is 10.1 Å². The highest BCUT2D eigenvalue weighted by Gasteiger charge is 2.11. The van der Waals surface area contributed by atoms with Crippen molar-refractivity contribution < 1.29 is 4.79 Å². The van der Waals surface area contributed by atoms with Crippen molar-refractivity contribution in [2.75, 3.05) is 0 Å². The van der Waals surface area contributed by atoms with E-state index in [9.17, 15) is 4.79 Å². The first-order valence-corrected chi connectivity index (χ1v) is 5.48. The molecule has 0 fully saturated rings. The molecule has 0 radical (unpaired) electrons. The Morgan fingerprint density at radius 2 is 2.07 bits per heavy atom. The summed E-state index contributed by atoms with van der Waals surface area (Å²) in [5.74, 6) is 0. The molecule has 1 aromatic carbocycles. The maximum Gasteiger partial charge on any atom is 0.153 e. The summed E-state index contributed by atoms with van der Waals surface area (Å²) >= 11 is 7.46. The second-order valence-electron chi connectivity index (χ2n) is 3.29. The standard InChI is InChI=1S/C11H9ClOS/c1-6-3-4-8-9(5-13)11(12)14-10(8)7(6)2/h3-5H,1-2H3. The van der Waals surface area contributed by atoms with Gasteiger partial charge in [-0.3, -0.25) is 4.79 Å². The van der Waals surface area contributed by atoms with Crippen molar-refractivity contribution in [1.29, 1.82) is 0 Å². The van der Waals surface area contributed by atoms with Crippen LogP contribution in [0, 0.1) is 13.8 Å². The van der Waals surface area contributed by atoms with Crippen LogP contribution in [0.1, 0.15) is 21.5 Å². The Morgan fingerprint density at radius 3 is 2.71 bits per heavy atom. The Labute approximate surface area is 91.3 Å². The molecule has 0 atom stereocenters. The molecule has 0 aliphatic rings. The maximum absolute atomic E-state index is 10.8. The molecule has 0 spiro atoms. The number of halogens is 1. The molecule has 14 heavy (non-hydrogen) atoms. The summed E-state index contributed by atoms with van der Waals surface area (Å²) in [6.45, 7) is 4.11. The molecule has 1 nitrogen and oxygen atoms in total. The lowest BCUT2D eigenvalue weighted by Crippen LogP contribution is -1.81. The first kappa shape index (κ1) is 9.69. The smallest absolute Gasteiger partial charge is 0.153 e. The van der Waals surface area contributed by atoms with E-state index in [4.69, 9.17) is 11.6 Å². The number of aldehydes is 1. The van der Waals surface area contributed by atoms with Crippen molar-refractivity contribution >= 4 is 39.3 Å². The summed E-state index contributed by atoms with van der Waals surface area (Å²) < 4.78 is 1.71. The average Bonchev–Trinajstić information content (AvgIpc) is 2.49. The van der Waals surface area contributed by atoms with Gasteiger partial charge in [0.15, 0.2) is 6.29 Å². The molecule has 0 bridgehead atoms. The van der Waals surface area contributed by atoms with Crippen LogP contribution in [0.2, 0.25) is 4.34 Å². The molecule has 0 amide bonds. The number of rotatable bonds is 1. The Morgan fingerprint density at radius 1 is 1.36 bits per heavy atom. The fraction of sp³-hybridized carbons (Fsp3) is 0.182. The van der Waals surface area contributed by atoms with Gasteiger partial charge in [-0.25, -0.2) is 0 Å². The first-order valence-electron chi connectivity index (χ1n) is 4.28. The van der Waals surface area contributed by atoms with Gasteiger partial charge >= 0.3 is 0 Å². The lowest BCUT2D eigenvalue weighted by Gasteiger charge is -1.99. The molecule has 0 N–H and O–H groups in total. The van der Waals surface area contributed by atoms with Crippen LogP contribution in [-0.2, 0) is 0 Å². The molecular weight excluding hydrogens is 216 g/mol. The third kappa shape index (κ3) is 1.26. The van der Waals surface area contributed by atoms with Gasteiger partial charge in [0.05, 0.1) is 5.56 Å². The van der Waals surface area contributed by atoms with Crippen LogP contribution in [0.5, 0.6) is 0 Å². The third-order valence-electron chi connectivity index (χ3n) is 2.49. The molecule has 0 saturated heterocycles. The van der Waals surface area contributed by atoms with E-state index < -0.39 is 0 Å². The van der Waals surface area contributed by atoms with Crippen LogP contribution < -0.4 is 0 Å². The van der Waals surface area contributed by atoms with Crippen molar-refractivity contribution in [3.63, 3.8) is 0 Å². The molecule has 2 rings (SSSR count). The zero-order valence-corrected chi connectivity index (χ0v) is 9.50. The zero-order chi connectivity index (χ0) is 10.3. The van der Waals surface area contributed by atoms with Gasteiger partial charge in [-0.2, -0.15) is 0 Å². The lowest BCUT2D eigenvalue weighted by atomic mass is 10.1. The molecule has 0 saturated carbocycles. The summed E-state index contributed by atoms with van der Waals surface area (Å²) in [6, 6.07) is 3.98. The minimum Gasteiger partial charge on any atom is -0.298 e. The van der Waals surface area contributed by atoms with Crippen molar-refractivity contribution in [1.82, 2.24) is 0 Å². The lowest BCUT2D eigenvalue weighted by molar-refractivity contribution is 0.112. The summed E-state index contributed by atoms with van der Waals surface area (Å²) in [5, 5.41) is 0.970. The number of carbonyl (C=O) groups is 1. The summed E-state index contributed by atoms with van der Waals surface area (Å²) in [4.78, 5) is 10.8. The van der Waals surface area contributed by atoms with Gasteiger partial charge in [-0.05, 0) is 25.0 Å². The van der Waals surface area contributed by atoms with Gasteiger partial charge in [0.25, 0.3) is 0 Å². The van der Waals surface area contributed by atoms with Crippen molar-refractivity contribution in [3.05, 3.63) is 33.2 Å². The summed E-state index contributed by atoms with van der Waals surface area (Å²) in [6.07, 6.45) is 0.829. The van der Waals surface area contributed by atoms with Gasteiger partial charge in [-0.15, -0.1) is 11.3 Å². The topological polar surface area (TPSA) is 17.1 Å².